The smallest absolute Gasteiger partial charge is 0.272 e. The van der Waals surface area contributed by atoms with E-state index in [2.05, 4.69) is 25.6 Å². The number of hydrogen-bond acceptors (Lipinski definition) is 7. The standard InChI is InChI=1S/C20H23F2N5O4/c1-10-8-14(25-20(23-10)27-17(28)12-4-5-12)18(29)24-11(2)13-6-7-16(26-19(13)30-3)31-9-15(21)22/h6-8,11-12,15H,4-5,9H2,1-3H3,(H,24,29)(H,23,25,27,28). The average Bonchev–Trinajstić information content (AvgIpc) is 3.57. The number of methoxy groups -OCH3 is 1. The highest BCUT2D eigenvalue weighted by Gasteiger charge is 2.30. The summed E-state index contributed by atoms with van der Waals surface area (Å²) in [6.45, 7) is 2.62. The van der Waals surface area contributed by atoms with Crippen LogP contribution in [0.5, 0.6) is 11.8 Å². The van der Waals surface area contributed by atoms with Gasteiger partial charge in [0.1, 0.15) is 5.69 Å². The largest absolute Gasteiger partial charge is 0.481 e. The van der Waals surface area contributed by atoms with Crippen LogP contribution in [0.25, 0.3) is 0 Å². The monoisotopic (exact) mass is 435 g/mol. The maximum atomic E-state index is 12.7. The molecule has 0 aliphatic heterocycles. The third kappa shape index (κ3) is 6.06. The number of rotatable bonds is 9. The van der Waals surface area contributed by atoms with E-state index in [1.807, 2.05) is 0 Å². The Kier molecular flexibility index (Phi) is 6.93. The Morgan fingerprint density at radius 3 is 2.61 bits per heavy atom. The van der Waals surface area contributed by atoms with Crippen molar-refractivity contribution in [2.45, 2.75) is 39.2 Å². The van der Waals surface area contributed by atoms with Crippen molar-refractivity contribution in [3.8, 4) is 11.8 Å². The highest BCUT2D eigenvalue weighted by Crippen LogP contribution is 2.30. The van der Waals surface area contributed by atoms with Crippen LogP contribution < -0.4 is 20.1 Å². The number of anilines is 1. The summed E-state index contributed by atoms with van der Waals surface area (Å²) in [6, 6.07) is 3.96. The van der Waals surface area contributed by atoms with E-state index < -0.39 is 25.0 Å². The fourth-order valence-corrected chi connectivity index (χ4v) is 2.80. The molecule has 0 saturated heterocycles. The van der Waals surface area contributed by atoms with Crippen molar-refractivity contribution >= 4 is 17.8 Å². The van der Waals surface area contributed by atoms with Crippen LogP contribution in [0.3, 0.4) is 0 Å². The van der Waals surface area contributed by atoms with Gasteiger partial charge in [-0.15, -0.1) is 0 Å². The molecule has 0 spiro atoms. The minimum Gasteiger partial charge on any atom is -0.481 e. The van der Waals surface area contributed by atoms with Crippen LogP contribution in [0.15, 0.2) is 18.2 Å². The molecular weight excluding hydrogens is 412 g/mol. The van der Waals surface area contributed by atoms with Crippen molar-refractivity contribution in [1.29, 1.82) is 0 Å². The van der Waals surface area contributed by atoms with E-state index in [1.165, 1.54) is 19.2 Å². The maximum Gasteiger partial charge on any atom is 0.272 e. The number of halogens is 2. The van der Waals surface area contributed by atoms with E-state index in [9.17, 15) is 18.4 Å². The summed E-state index contributed by atoms with van der Waals surface area (Å²) in [5.74, 6) is -0.462. The maximum absolute atomic E-state index is 12.7. The molecule has 1 atom stereocenters. The summed E-state index contributed by atoms with van der Waals surface area (Å²) in [4.78, 5) is 37.0. The number of aromatic nitrogens is 3. The highest BCUT2D eigenvalue weighted by atomic mass is 19.3. The van der Waals surface area contributed by atoms with Gasteiger partial charge in [-0.2, -0.15) is 4.98 Å². The second-order valence-corrected chi connectivity index (χ2v) is 7.13. The molecule has 0 aromatic carbocycles. The molecule has 0 radical (unpaired) electrons. The first kappa shape index (κ1) is 22.3. The van der Waals surface area contributed by atoms with Crippen LogP contribution in [0.4, 0.5) is 14.7 Å². The van der Waals surface area contributed by atoms with Crippen LogP contribution in [-0.2, 0) is 4.79 Å². The average molecular weight is 435 g/mol. The van der Waals surface area contributed by atoms with Crippen LogP contribution in [0.2, 0.25) is 0 Å². The van der Waals surface area contributed by atoms with Gasteiger partial charge in [-0.25, -0.2) is 18.7 Å². The fourth-order valence-electron chi connectivity index (χ4n) is 2.80. The van der Waals surface area contributed by atoms with Crippen molar-refractivity contribution in [2.24, 2.45) is 5.92 Å². The number of aryl methyl sites for hydroxylation is 1. The molecule has 2 aromatic heterocycles. The topological polar surface area (TPSA) is 115 Å². The van der Waals surface area contributed by atoms with Gasteiger partial charge in [0.2, 0.25) is 23.6 Å². The molecule has 0 bridgehead atoms. The van der Waals surface area contributed by atoms with Gasteiger partial charge in [-0.05, 0) is 38.8 Å². The molecule has 9 nitrogen and oxygen atoms in total. The van der Waals surface area contributed by atoms with Gasteiger partial charge in [0.15, 0.2) is 6.61 Å². The quantitative estimate of drug-likeness (QED) is 0.622. The molecule has 2 N–H and O–H groups in total. The van der Waals surface area contributed by atoms with E-state index >= 15 is 0 Å². The van der Waals surface area contributed by atoms with E-state index in [0.29, 0.717) is 11.3 Å². The Labute approximate surface area is 177 Å². The van der Waals surface area contributed by atoms with Crippen molar-refractivity contribution in [3.63, 3.8) is 0 Å². The van der Waals surface area contributed by atoms with Gasteiger partial charge >= 0.3 is 0 Å². The molecule has 2 aromatic rings. The molecule has 2 amide bonds. The summed E-state index contributed by atoms with van der Waals surface area (Å²) in [5, 5.41) is 5.41. The third-order valence-corrected chi connectivity index (χ3v) is 4.50. The summed E-state index contributed by atoms with van der Waals surface area (Å²) in [7, 11) is 1.37. The lowest BCUT2D eigenvalue weighted by molar-refractivity contribution is -0.117. The van der Waals surface area contributed by atoms with Crippen LogP contribution in [0, 0.1) is 12.8 Å². The number of carbonyl (C=O) groups is 2. The van der Waals surface area contributed by atoms with Gasteiger partial charge in [0, 0.05) is 23.2 Å². The number of hydrogen-bond donors (Lipinski definition) is 2. The number of amides is 2. The zero-order valence-corrected chi connectivity index (χ0v) is 17.3. The summed E-state index contributed by atoms with van der Waals surface area (Å²) in [6.07, 6.45) is -0.949. The number of ether oxygens (including phenoxy) is 2. The predicted molar refractivity (Wildman–Crippen MR) is 106 cm³/mol. The second-order valence-electron chi connectivity index (χ2n) is 7.13. The Balaban J connectivity index is 1.71. The van der Waals surface area contributed by atoms with Crippen LogP contribution in [-0.4, -0.2) is 46.9 Å². The molecule has 11 heteroatoms. The van der Waals surface area contributed by atoms with Gasteiger partial charge in [-0.3, -0.25) is 14.9 Å². The normalized spacial score (nSPS) is 14.1. The summed E-state index contributed by atoms with van der Waals surface area (Å²) in [5.41, 5.74) is 1.14. The second kappa shape index (κ2) is 9.63. The zero-order chi connectivity index (χ0) is 22.5. The molecule has 166 valence electrons. The van der Waals surface area contributed by atoms with E-state index in [1.54, 1.807) is 19.9 Å². The first-order valence-corrected chi connectivity index (χ1v) is 9.70. The number of alkyl halides is 2. The highest BCUT2D eigenvalue weighted by molar-refractivity contribution is 5.95. The number of nitrogens with zero attached hydrogens (tertiary/aromatic N) is 3. The molecule has 3 rings (SSSR count). The molecule has 1 fully saturated rings. The Hall–Kier alpha value is -3.37. The van der Waals surface area contributed by atoms with Crippen molar-refractivity contribution in [3.05, 3.63) is 35.2 Å². The Morgan fingerprint density at radius 2 is 1.97 bits per heavy atom. The molecule has 2 heterocycles. The van der Waals surface area contributed by atoms with Gasteiger partial charge in [0.05, 0.1) is 13.2 Å². The third-order valence-electron chi connectivity index (χ3n) is 4.50. The lowest BCUT2D eigenvalue weighted by Crippen LogP contribution is -2.28. The molecule has 1 aliphatic rings. The minimum atomic E-state index is -2.62. The minimum absolute atomic E-state index is 0.0121. The number of nitrogens with one attached hydrogen (secondary N) is 2. The Bertz CT molecular complexity index is 969. The van der Waals surface area contributed by atoms with E-state index in [0.717, 1.165) is 12.8 Å². The van der Waals surface area contributed by atoms with E-state index in [4.69, 9.17) is 9.47 Å². The SMILES string of the molecule is COc1nc(OCC(F)F)ccc1C(C)NC(=O)c1cc(C)nc(NC(=O)C2CC2)n1. The van der Waals surface area contributed by atoms with Crippen molar-refractivity contribution in [1.82, 2.24) is 20.3 Å². The van der Waals surface area contributed by atoms with Crippen LogP contribution >= 0.6 is 0 Å². The lowest BCUT2D eigenvalue weighted by Gasteiger charge is -2.17. The fraction of sp³-hybridized carbons (Fsp3) is 0.450. The van der Waals surface area contributed by atoms with Gasteiger partial charge in [-0.1, -0.05) is 0 Å². The van der Waals surface area contributed by atoms with Crippen molar-refractivity contribution in [2.75, 3.05) is 19.0 Å². The first-order chi connectivity index (χ1) is 14.8. The van der Waals surface area contributed by atoms with Crippen LogP contribution in [0.1, 0.15) is 47.6 Å². The lowest BCUT2D eigenvalue weighted by atomic mass is 10.1. The van der Waals surface area contributed by atoms with Gasteiger partial charge in [0.25, 0.3) is 12.3 Å². The summed E-state index contributed by atoms with van der Waals surface area (Å²) >= 11 is 0. The molecule has 1 saturated carbocycles. The van der Waals surface area contributed by atoms with E-state index in [-0.39, 0.29) is 35.2 Å². The number of pyridine rings is 1. The van der Waals surface area contributed by atoms with Crippen molar-refractivity contribution < 1.29 is 27.8 Å². The van der Waals surface area contributed by atoms with Gasteiger partial charge < -0.3 is 14.8 Å². The Morgan fingerprint density at radius 1 is 1.23 bits per heavy atom. The molecular formula is C20H23F2N5O4. The molecule has 1 aliphatic carbocycles. The summed E-state index contributed by atoms with van der Waals surface area (Å²) < 4.78 is 34.7. The number of carbonyl (C=O) groups excluding carboxylic acids is 2. The molecule has 1 unspecified atom stereocenters. The first-order valence-electron chi connectivity index (χ1n) is 9.70. The molecule has 31 heavy (non-hydrogen) atoms. The zero-order valence-electron chi connectivity index (χ0n) is 17.3. The predicted octanol–water partition coefficient (Wildman–Crippen LogP) is 2.67.